The summed E-state index contributed by atoms with van der Waals surface area (Å²) in [6.07, 6.45) is 1.86. The molecule has 1 aromatic rings. The van der Waals surface area contributed by atoms with E-state index in [1.54, 1.807) is 13.0 Å². The lowest BCUT2D eigenvalue weighted by atomic mass is 9.94. The topological polar surface area (TPSA) is 95.7 Å². The van der Waals surface area contributed by atoms with Gasteiger partial charge in [0.15, 0.2) is 0 Å². The van der Waals surface area contributed by atoms with E-state index in [0.29, 0.717) is 12.4 Å². The highest BCUT2D eigenvalue weighted by atomic mass is 16.5. The molecule has 0 bridgehead atoms. The van der Waals surface area contributed by atoms with Crippen LogP contribution in [0.25, 0.3) is 0 Å². The molecule has 0 aromatic carbocycles. The maximum Gasteiger partial charge on any atom is 0.303 e. The summed E-state index contributed by atoms with van der Waals surface area (Å²) < 4.78 is 4.92. The van der Waals surface area contributed by atoms with Crippen LogP contribution in [-0.4, -0.2) is 46.7 Å². The van der Waals surface area contributed by atoms with E-state index in [1.165, 1.54) is 0 Å². The second kappa shape index (κ2) is 6.51. The Bertz CT molecular complexity index is 478. The minimum atomic E-state index is -0.748. The zero-order chi connectivity index (χ0) is 14.5. The molecule has 2 heterocycles. The number of carbonyl (C=O) groups excluding carboxylic acids is 1. The molecule has 0 atom stereocenters. The van der Waals surface area contributed by atoms with Gasteiger partial charge in [0, 0.05) is 12.5 Å². The Balaban J connectivity index is 1.72. The van der Waals surface area contributed by atoms with Gasteiger partial charge < -0.3 is 9.63 Å². The first-order valence-corrected chi connectivity index (χ1v) is 6.70. The lowest BCUT2D eigenvalue weighted by Gasteiger charge is -2.30. The quantitative estimate of drug-likeness (QED) is 0.839. The van der Waals surface area contributed by atoms with Crippen LogP contribution in [0.2, 0.25) is 0 Å². The minimum Gasteiger partial charge on any atom is -0.481 e. The van der Waals surface area contributed by atoms with Gasteiger partial charge in [-0.3, -0.25) is 19.8 Å². The number of likely N-dealkylation sites (tertiary alicyclic amines) is 1. The van der Waals surface area contributed by atoms with Gasteiger partial charge in [-0.15, -0.1) is 0 Å². The number of aromatic nitrogens is 1. The van der Waals surface area contributed by atoms with E-state index >= 15 is 0 Å². The summed E-state index contributed by atoms with van der Waals surface area (Å²) in [5.74, 6) is -0.309. The summed E-state index contributed by atoms with van der Waals surface area (Å²) in [7, 11) is 0. The first kappa shape index (κ1) is 14.5. The molecule has 0 spiro atoms. The van der Waals surface area contributed by atoms with Gasteiger partial charge >= 0.3 is 5.97 Å². The van der Waals surface area contributed by atoms with Crippen molar-refractivity contribution in [3.05, 3.63) is 11.8 Å². The largest absolute Gasteiger partial charge is 0.481 e. The molecule has 7 nitrogen and oxygen atoms in total. The fourth-order valence-electron chi connectivity index (χ4n) is 2.40. The average molecular weight is 281 g/mol. The van der Waals surface area contributed by atoms with Crippen LogP contribution < -0.4 is 5.32 Å². The first-order chi connectivity index (χ1) is 9.52. The summed E-state index contributed by atoms with van der Waals surface area (Å²) in [4.78, 5) is 24.5. The number of carboxylic acids is 1. The second-order valence-electron chi connectivity index (χ2n) is 5.20. The normalized spacial score (nSPS) is 17.1. The van der Waals surface area contributed by atoms with Crippen LogP contribution in [-0.2, 0) is 9.59 Å². The summed E-state index contributed by atoms with van der Waals surface area (Å²) >= 11 is 0. The van der Waals surface area contributed by atoms with Crippen molar-refractivity contribution >= 4 is 17.8 Å². The van der Waals surface area contributed by atoms with Crippen LogP contribution in [0.1, 0.15) is 25.0 Å². The Morgan fingerprint density at radius 2 is 2.20 bits per heavy atom. The van der Waals surface area contributed by atoms with Crippen molar-refractivity contribution in [2.45, 2.75) is 26.2 Å². The van der Waals surface area contributed by atoms with Gasteiger partial charge in [0.05, 0.1) is 12.2 Å². The molecule has 110 valence electrons. The van der Waals surface area contributed by atoms with Crippen LogP contribution in [0.15, 0.2) is 10.6 Å². The fourth-order valence-corrected chi connectivity index (χ4v) is 2.40. The standard InChI is InChI=1S/C13H19N3O4/c1-9-6-12(20-15-9)14-11(17)8-16-4-2-10(3-5-16)7-13(18)19/h6,10H,2-5,7-8H2,1H3,(H,14,17)(H,18,19). The van der Waals surface area contributed by atoms with Crippen LogP contribution in [0.3, 0.4) is 0 Å². The lowest BCUT2D eigenvalue weighted by molar-refractivity contribution is -0.138. The molecular weight excluding hydrogens is 262 g/mol. The number of hydrogen-bond donors (Lipinski definition) is 2. The third-order valence-corrected chi connectivity index (χ3v) is 3.43. The van der Waals surface area contributed by atoms with Crippen molar-refractivity contribution in [2.75, 3.05) is 25.0 Å². The van der Waals surface area contributed by atoms with E-state index in [0.717, 1.165) is 31.6 Å². The van der Waals surface area contributed by atoms with Gasteiger partial charge in [-0.25, -0.2) is 0 Å². The maximum atomic E-state index is 11.8. The molecule has 1 amide bonds. The second-order valence-corrected chi connectivity index (χ2v) is 5.20. The average Bonchev–Trinajstić information content (AvgIpc) is 2.76. The highest BCUT2D eigenvalue weighted by molar-refractivity contribution is 5.90. The molecular formula is C13H19N3O4. The molecule has 0 saturated carbocycles. The zero-order valence-corrected chi connectivity index (χ0v) is 11.5. The maximum absolute atomic E-state index is 11.8. The molecule has 20 heavy (non-hydrogen) atoms. The fraction of sp³-hybridized carbons (Fsp3) is 0.615. The SMILES string of the molecule is Cc1cc(NC(=O)CN2CCC(CC(=O)O)CC2)on1. The highest BCUT2D eigenvalue weighted by Gasteiger charge is 2.22. The Morgan fingerprint density at radius 3 is 2.75 bits per heavy atom. The number of amides is 1. The summed E-state index contributed by atoms with van der Waals surface area (Å²) in [5.41, 5.74) is 0.717. The number of hydrogen-bond acceptors (Lipinski definition) is 5. The Morgan fingerprint density at radius 1 is 1.50 bits per heavy atom. The Labute approximate surface area is 116 Å². The van der Waals surface area contributed by atoms with Crippen molar-refractivity contribution in [3.63, 3.8) is 0 Å². The molecule has 0 aliphatic carbocycles. The minimum absolute atomic E-state index is 0.141. The van der Waals surface area contributed by atoms with E-state index in [1.807, 2.05) is 4.90 Å². The molecule has 1 aliphatic rings. The third-order valence-electron chi connectivity index (χ3n) is 3.43. The number of nitrogens with one attached hydrogen (secondary N) is 1. The van der Waals surface area contributed by atoms with Crippen molar-refractivity contribution in [2.24, 2.45) is 5.92 Å². The molecule has 1 saturated heterocycles. The predicted molar refractivity (Wildman–Crippen MR) is 71.3 cm³/mol. The zero-order valence-electron chi connectivity index (χ0n) is 11.5. The number of anilines is 1. The van der Waals surface area contributed by atoms with Crippen molar-refractivity contribution < 1.29 is 19.2 Å². The number of nitrogens with zero attached hydrogens (tertiary/aromatic N) is 2. The van der Waals surface area contributed by atoms with Gasteiger partial charge in [0.25, 0.3) is 0 Å². The van der Waals surface area contributed by atoms with Crippen LogP contribution in [0.5, 0.6) is 0 Å². The van der Waals surface area contributed by atoms with Crippen LogP contribution in [0, 0.1) is 12.8 Å². The lowest BCUT2D eigenvalue weighted by Crippen LogP contribution is -2.39. The Kier molecular flexibility index (Phi) is 4.73. The molecule has 2 N–H and O–H groups in total. The highest BCUT2D eigenvalue weighted by Crippen LogP contribution is 2.20. The van der Waals surface area contributed by atoms with Gasteiger partial charge in [-0.05, 0) is 38.8 Å². The number of carboxylic acid groups (broad SMARTS) is 1. The summed E-state index contributed by atoms with van der Waals surface area (Å²) in [6.45, 7) is 3.58. The summed E-state index contributed by atoms with van der Waals surface area (Å²) in [5, 5.41) is 15.1. The molecule has 1 aliphatic heterocycles. The molecule has 1 fully saturated rings. The van der Waals surface area contributed by atoms with Crippen molar-refractivity contribution in [1.29, 1.82) is 0 Å². The van der Waals surface area contributed by atoms with E-state index in [9.17, 15) is 9.59 Å². The van der Waals surface area contributed by atoms with Gasteiger partial charge in [0.2, 0.25) is 11.8 Å². The summed E-state index contributed by atoms with van der Waals surface area (Å²) in [6, 6.07) is 1.66. The molecule has 2 rings (SSSR count). The van der Waals surface area contributed by atoms with Gasteiger partial charge in [-0.2, -0.15) is 0 Å². The van der Waals surface area contributed by atoms with Crippen LogP contribution >= 0.6 is 0 Å². The molecule has 7 heteroatoms. The molecule has 1 aromatic heterocycles. The smallest absolute Gasteiger partial charge is 0.303 e. The number of carbonyl (C=O) groups is 2. The monoisotopic (exact) mass is 281 g/mol. The van der Waals surface area contributed by atoms with Crippen LogP contribution in [0.4, 0.5) is 5.88 Å². The van der Waals surface area contributed by atoms with Crippen molar-refractivity contribution in [1.82, 2.24) is 10.1 Å². The van der Waals surface area contributed by atoms with E-state index in [4.69, 9.17) is 9.63 Å². The molecule has 0 radical (unpaired) electrons. The van der Waals surface area contributed by atoms with E-state index in [2.05, 4.69) is 10.5 Å². The predicted octanol–water partition coefficient (Wildman–Crippen LogP) is 1.11. The number of aryl methyl sites for hydroxylation is 1. The van der Waals surface area contributed by atoms with E-state index < -0.39 is 5.97 Å². The third kappa shape index (κ3) is 4.34. The Hall–Kier alpha value is -1.89. The molecule has 0 unspecified atom stereocenters. The van der Waals surface area contributed by atoms with Crippen molar-refractivity contribution in [3.8, 4) is 0 Å². The number of aliphatic carboxylic acids is 1. The van der Waals surface area contributed by atoms with Gasteiger partial charge in [0.1, 0.15) is 0 Å². The number of piperidine rings is 1. The van der Waals surface area contributed by atoms with E-state index in [-0.39, 0.29) is 18.2 Å². The van der Waals surface area contributed by atoms with Gasteiger partial charge in [-0.1, -0.05) is 5.16 Å². The number of rotatable bonds is 5. The first-order valence-electron chi connectivity index (χ1n) is 6.70.